The molecule has 182 valence electrons. The fourth-order valence-electron chi connectivity index (χ4n) is 3.66. The first-order chi connectivity index (χ1) is 17.4. The number of carbonyl (C=O) groups is 1. The highest BCUT2D eigenvalue weighted by Crippen LogP contribution is 2.39. The third-order valence-electron chi connectivity index (χ3n) is 5.68. The van der Waals surface area contributed by atoms with Crippen LogP contribution in [0.5, 0.6) is 11.5 Å². The summed E-state index contributed by atoms with van der Waals surface area (Å²) in [5.41, 5.74) is 4.12. The van der Waals surface area contributed by atoms with Crippen molar-refractivity contribution in [3.05, 3.63) is 92.3 Å². The number of hydrogen-bond acceptors (Lipinski definition) is 6. The number of para-hydroxylation sites is 1. The van der Waals surface area contributed by atoms with E-state index in [4.69, 9.17) is 14.5 Å². The van der Waals surface area contributed by atoms with Crippen molar-refractivity contribution >= 4 is 50.5 Å². The molecule has 4 rings (SSSR count). The van der Waals surface area contributed by atoms with Crippen molar-refractivity contribution in [1.29, 1.82) is 5.26 Å². The van der Waals surface area contributed by atoms with Crippen LogP contribution in [0.1, 0.15) is 29.2 Å². The lowest BCUT2D eigenvalue weighted by atomic mass is 10.1. The normalized spacial score (nSPS) is 15.4. The van der Waals surface area contributed by atoms with Gasteiger partial charge < -0.3 is 9.47 Å². The Labute approximate surface area is 223 Å². The van der Waals surface area contributed by atoms with Gasteiger partial charge in [-0.05, 0) is 59.7 Å². The van der Waals surface area contributed by atoms with Gasteiger partial charge in [-0.2, -0.15) is 5.26 Å². The zero-order valence-electron chi connectivity index (χ0n) is 20.1. The molecule has 0 aliphatic carbocycles. The zero-order valence-corrected chi connectivity index (χ0v) is 22.5. The van der Waals surface area contributed by atoms with Crippen LogP contribution in [0.25, 0.3) is 6.08 Å². The number of nitrogens with zero attached hydrogens (tertiary/aromatic N) is 3. The van der Waals surface area contributed by atoms with Crippen molar-refractivity contribution in [3.8, 4) is 17.6 Å². The molecule has 0 N–H and O–H groups in total. The average Bonchev–Trinajstić information content (AvgIpc) is 3.16. The number of halogens is 1. The number of benzene rings is 3. The summed E-state index contributed by atoms with van der Waals surface area (Å²) in [7, 11) is 3.30. The summed E-state index contributed by atoms with van der Waals surface area (Å²) < 4.78 is 12.3. The number of amides is 1. The molecule has 0 aromatic heterocycles. The van der Waals surface area contributed by atoms with Crippen molar-refractivity contribution in [2.45, 2.75) is 20.0 Å². The van der Waals surface area contributed by atoms with Crippen molar-refractivity contribution < 1.29 is 14.3 Å². The minimum absolute atomic E-state index is 0.118. The number of ether oxygens (including phenoxy) is 2. The Hall–Kier alpha value is -3.54. The average molecular weight is 562 g/mol. The number of carbonyl (C=O) groups excluding carboxylic acids is 1. The molecule has 0 unspecified atom stereocenters. The molecule has 1 fully saturated rings. The molecule has 1 heterocycles. The minimum atomic E-state index is -0.118. The van der Waals surface area contributed by atoms with Gasteiger partial charge in [-0.15, -0.1) is 0 Å². The summed E-state index contributed by atoms with van der Waals surface area (Å²) in [4.78, 5) is 19.9. The quantitative estimate of drug-likeness (QED) is 0.300. The van der Waals surface area contributed by atoms with E-state index in [-0.39, 0.29) is 12.5 Å². The van der Waals surface area contributed by atoms with Crippen LogP contribution in [0.4, 0.5) is 5.69 Å². The molecule has 8 heteroatoms. The number of nitriles is 1. The third kappa shape index (κ3) is 5.48. The number of likely N-dealkylation sites (N-methyl/N-ethyl adjacent to an activating group) is 1. The molecule has 1 aliphatic heterocycles. The molecule has 1 amide bonds. The topological polar surface area (TPSA) is 74.9 Å². The lowest BCUT2D eigenvalue weighted by molar-refractivity contribution is -0.121. The molecular weight excluding hydrogens is 538 g/mol. The van der Waals surface area contributed by atoms with Crippen molar-refractivity contribution in [2.75, 3.05) is 14.2 Å². The van der Waals surface area contributed by atoms with E-state index in [9.17, 15) is 10.1 Å². The summed E-state index contributed by atoms with van der Waals surface area (Å²) in [5, 5.41) is 9.95. The molecule has 0 saturated carbocycles. The van der Waals surface area contributed by atoms with Crippen molar-refractivity contribution in [1.82, 2.24) is 4.90 Å². The van der Waals surface area contributed by atoms with Crippen LogP contribution in [0.15, 0.2) is 75.0 Å². The first kappa shape index (κ1) is 25.5. The van der Waals surface area contributed by atoms with Crippen LogP contribution < -0.4 is 9.47 Å². The van der Waals surface area contributed by atoms with E-state index in [1.54, 1.807) is 31.2 Å². The molecule has 3 aromatic rings. The molecule has 1 saturated heterocycles. The van der Waals surface area contributed by atoms with E-state index >= 15 is 0 Å². The molecule has 0 spiro atoms. The van der Waals surface area contributed by atoms with Gasteiger partial charge >= 0.3 is 0 Å². The summed E-state index contributed by atoms with van der Waals surface area (Å²) in [6.45, 7) is 2.31. The van der Waals surface area contributed by atoms with E-state index < -0.39 is 0 Å². The summed E-state index contributed by atoms with van der Waals surface area (Å²) >= 11 is 4.94. The van der Waals surface area contributed by atoms with Crippen LogP contribution in [0, 0.1) is 11.3 Å². The Morgan fingerprint density at radius 2 is 1.83 bits per heavy atom. The number of aryl methyl sites for hydroxylation is 1. The van der Waals surface area contributed by atoms with Gasteiger partial charge in [-0.3, -0.25) is 9.69 Å². The van der Waals surface area contributed by atoms with Crippen LogP contribution in [0.3, 0.4) is 0 Å². The summed E-state index contributed by atoms with van der Waals surface area (Å²) in [5.74, 6) is 0.932. The Morgan fingerprint density at radius 3 is 2.56 bits per heavy atom. The van der Waals surface area contributed by atoms with Gasteiger partial charge in [0.25, 0.3) is 5.91 Å². The van der Waals surface area contributed by atoms with Crippen LogP contribution in [-0.4, -0.2) is 30.1 Å². The lowest BCUT2D eigenvalue weighted by Crippen LogP contribution is -2.23. The minimum Gasteiger partial charge on any atom is -0.493 e. The maximum atomic E-state index is 13.0. The highest BCUT2D eigenvalue weighted by molar-refractivity contribution is 9.10. The first-order valence-electron chi connectivity index (χ1n) is 11.3. The van der Waals surface area contributed by atoms with Crippen LogP contribution in [-0.2, 0) is 17.8 Å². The first-order valence-corrected chi connectivity index (χ1v) is 12.9. The lowest BCUT2D eigenvalue weighted by Gasteiger charge is -2.13. The van der Waals surface area contributed by atoms with Gasteiger partial charge in [-0.25, -0.2) is 4.99 Å². The number of hydrogen-bond donors (Lipinski definition) is 0. The highest BCUT2D eigenvalue weighted by Gasteiger charge is 2.31. The number of amidine groups is 1. The number of rotatable bonds is 7. The Kier molecular flexibility index (Phi) is 8.14. The Bertz CT molecular complexity index is 1410. The highest BCUT2D eigenvalue weighted by atomic mass is 79.9. The van der Waals surface area contributed by atoms with Crippen molar-refractivity contribution in [3.63, 3.8) is 0 Å². The van der Waals surface area contributed by atoms with Gasteiger partial charge in [0.1, 0.15) is 6.61 Å². The van der Waals surface area contributed by atoms with E-state index in [0.717, 1.165) is 33.3 Å². The van der Waals surface area contributed by atoms with E-state index in [1.165, 1.54) is 11.8 Å². The predicted molar refractivity (Wildman–Crippen MR) is 147 cm³/mol. The summed E-state index contributed by atoms with van der Waals surface area (Å²) in [6.07, 6.45) is 2.68. The standard InChI is InChI=1S/C28H24BrN3O3S/c1-4-18-9-7-8-12-23(18)31-28-32(2)27(33)26(36-28)14-21-13-24(34-3)25(15-22(21)29)35-17-20-11-6-5-10-19(20)16-30/h5-15H,4,17H2,1-3H3/b26-14+,31-28?. The fraction of sp³-hybridized carbons (Fsp3) is 0.179. The second-order valence-corrected chi connectivity index (χ2v) is 9.80. The molecule has 0 radical (unpaired) electrons. The molecular formula is C28H24BrN3O3S. The largest absolute Gasteiger partial charge is 0.493 e. The maximum Gasteiger partial charge on any atom is 0.266 e. The van der Waals surface area contributed by atoms with Gasteiger partial charge in [0.05, 0.1) is 29.3 Å². The predicted octanol–water partition coefficient (Wildman–Crippen LogP) is 6.70. The zero-order chi connectivity index (χ0) is 25.7. The Balaban J connectivity index is 1.60. The van der Waals surface area contributed by atoms with Gasteiger partial charge in [0.15, 0.2) is 16.7 Å². The molecule has 0 bridgehead atoms. The van der Waals surface area contributed by atoms with E-state index in [0.29, 0.717) is 27.1 Å². The SMILES string of the molecule is CCc1ccccc1N=C1S/C(=C/c2cc(OC)c(OCc3ccccc3C#N)cc2Br)C(=O)N1C. The van der Waals surface area contributed by atoms with E-state index in [2.05, 4.69) is 28.9 Å². The van der Waals surface area contributed by atoms with Gasteiger partial charge in [-0.1, -0.05) is 59.3 Å². The van der Waals surface area contributed by atoms with Gasteiger partial charge in [0, 0.05) is 17.1 Å². The molecule has 1 aliphatic rings. The fourth-order valence-corrected chi connectivity index (χ4v) is 5.07. The Morgan fingerprint density at radius 1 is 1.11 bits per heavy atom. The van der Waals surface area contributed by atoms with Crippen LogP contribution >= 0.6 is 27.7 Å². The third-order valence-corrected chi connectivity index (χ3v) is 7.43. The number of aliphatic imine (C=N–C) groups is 1. The molecule has 0 atom stereocenters. The molecule has 3 aromatic carbocycles. The monoisotopic (exact) mass is 561 g/mol. The molecule has 6 nitrogen and oxygen atoms in total. The van der Waals surface area contributed by atoms with Crippen LogP contribution in [0.2, 0.25) is 0 Å². The maximum absolute atomic E-state index is 13.0. The number of thioether (sulfide) groups is 1. The molecule has 36 heavy (non-hydrogen) atoms. The van der Waals surface area contributed by atoms with Gasteiger partial charge in [0.2, 0.25) is 0 Å². The second-order valence-electron chi connectivity index (χ2n) is 7.93. The number of methoxy groups -OCH3 is 1. The van der Waals surface area contributed by atoms with Crippen molar-refractivity contribution in [2.24, 2.45) is 4.99 Å². The second kappa shape index (κ2) is 11.5. The smallest absolute Gasteiger partial charge is 0.266 e. The summed E-state index contributed by atoms with van der Waals surface area (Å²) in [6, 6.07) is 21.0. The van der Waals surface area contributed by atoms with E-state index in [1.807, 2.05) is 54.6 Å².